The van der Waals surface area contributed by atoms with Gasteiger partial charge in [0.15, 0.2) is 0 Å². The molecule has 1 aromatic carbocycles. The van der Waals surface area contributed by atoms with Gasteiger partial charge < -0.3 is 4.90 Å². The van der Waals surface area contributed by atoms with Gasteiger partial charge in [-0.3, -0.25) is 14.8 Å². The molecule has 0 unspecified atom stereocenters. The quantitative estimate of drug-likeness (QED) is 0.463. The number of benzene rings is 1. The van der Waals surface area contributed by atoms with E-state index in [-0.39, 0.29) is 11.6 Å². The first kappa shape index (κ1) is 15.5. The molecule has 0 amide bonds. The maximum Gasteiger partial charge on any atom is 0.294 e. The van der Waals surface area contributed by atoms with E-state index in [0.29, 0.717) is 24.5 Å². The summed E-state index contributed by atoms with van der Waals surface area (Å²) in [5.41, 5.74) is 0.967. The zero-order valence-corrected chi connectivity index (χ0v) is 12.7. The van der Waals surface area contributed by atoms with Gasteiger partial charge in [-0.25, -0.2) is 0 Å². The first-order chi connectivity index (χ1) is 10.5. The number of rotatable bonds is 6. The lowest BCUT2D eigenvalue weighted by Crippen LogP contribution is -2.22. The van der Waals surface area contributed by atoms with Crippen molar-refractivity contribution in [2.45, 2.75) is 13.8 Å². The highest BCUT2D eigenvalue weighted by atomic mass is 16.6. The molecule has 2 aromatic rings. The molecule has 2 rings (SSSR count). The van der Waals surface area contributed by atoms with Crippen LogP contribution in [0.15, 0.2) is 34.8 Å². The molecule has 0 atom stereocenters. The number of aryl methyl sites for hydroxylation is 1. The number of hydrogen-bond acceptors (Lipinski definition) is 7. The van der Waals surface area contributed by atoms with E-state index in [1.807, 2.05) is 18.7 Å². The zero-order chi connectivity index (χ0) is 16.1. The van der Waals surface area contributed by atoms with Crippen molar-refractivity contribution in [2.24, 2.45) is 17.3 Å². The van der Waals surface area contributed by atoms with Crippen LogP contribution in [0.3, 0.4) is 0 Å². The largest absolute Gasteiger partial charge is 0.367 e. The number of hydrogen-bond donors (Lipinski definition) is 0. The standard InChI is InChI=1S/C13H17N7O2/c1-4-19(5-2)11-7-6-10(8-12(11)20(21)22)15-16-13-14-9-18(3)17-13/h6-9H,4-5H2,1-3H3. The molecule has 0 radical (unpaired) electrons. The third-order valence-electron chi connectivity index (χ3n) is 3.10. The molecule has 0 aliphatic heterocycles. The van der Waals surface area contributed by atoms with E-state index < -0.39 is 4.92 Å². The maximum atomic E-state index is 11.3. The number of aromatic nitrogens is 3. The summed E-state index contributed by atoms with van der Waals surface area (Å²) < 4.78 is 1.50. The highest BCUT2D eigenvalue weighted by Gasteiger charge is 2.18. The van der Waals surface area contributed by atoms with Crippen LogP contribution in [0, 0.1) is 10.1 Å². The van der Waals surface area contributed by atoms with E-state index in [0.717, 1.165) is 0 Å². The fourth-order valence-electron chi connectivity index (χ4n) is 2.03. The lowest BCUT2D eigenvalue weighted by Gasteiger charge is -2.20. The third kappa shape index (κ3) is 3.43. The molecule has 0 fully saturated rings. The van der Waals surface area contributed by atoms with Gasteiger partial charge in [0.05, 0.1) is 10.6 Å². The molecule has 0 aliphatic rings. The van der Waals surface area contributed by atoms with Crippen LogP contribution in [-0.4, -0.2) is 32.8 Å². The Kier molecular flexibility index (Phi) is 4.77. The number of nitro groups is 1. The Bertz CT molecular complexity index is 691. The molecule has 0 spiro atoms. The van der Waals surface area contributed by atoms with Gasteiger partial charge in [-0.1, -0.05) is 0 Å². The molecule has 0 bridgehead atoms. The average molecular weight is 303 g/mol. The van der Waals surface area contributed by atoms with E-state index in [1.165, 1.54) is 17.1 Å². The first-order valence-electron chi connectivity index (χ1n) is 6.86. The zero-order valence-electron chi connectivity index (χ0n) is 12.7. The average Bonchev–Trinajstić information content (AvgIpc) is 2.92. The molecule has 9 nitrogen and oxygen atoms in total. The minimum absolute atomic E-state index is 0.00845. The van der Waals surface area contributed by atoms with Gasteiger partial charge in [0, 0.05) is 26.2 Å². The minimum Gasteiger partial charge on any atom is -0.367 e. The van der Waals surface area contributed by atoms with Crippen molar-refractivity contribution >= 4 is 23.0 Å². The van der Waals surface area contributed by atoms with Crippen molar-refractivity contribution in [3.8, 4) is 0 Å². The van der Waals surface area contributed by atoms with Crippen LogP contribution in [0.5, 0.6) is 0 Å². The molecule has 0 saturated heterocycles. The predicted molar refractivity (Wildman–Crippen MR) is 81.8 cm³/mol. The summed E-state index contributed by atoms with van der Waals surface area (Å²) in [4.78, 5) is 16.7. The van der Waals surface area contributed by atoms with Gasteiger partial charge in [-0.05, 0) is 26.0 Å². The topological polar surface area (TPSA) is 102 Å². The minimum atomic E-state index is -0.411. The Morgan fingerprint density at radius 2 is 2.05 bits per heavy atom. The summed E-state index contributed by atoms with van der Waals surface area (Å²) >= 11 is 0. The van der Waals surface area contributed by atoms with Crippen molar-refractivity contribution in [3.05, 3.63) is 34.6 Å². The molecular weight excluding hydrogens is 286 g/mol. The van der Waals surface area contributed by atoms with E-state index in [4.69, 9.17) is 0 Å². The Labute approximate surface area is 127 Å². The van der Waals surface area contributed by atoms with Crippen LogP contribution in [0.25, 0.3) is 0 Å². The Morgan fingerprint density at radius 1 is 1.32 bits per heavy atom. The van der Waals surface area contributed by atoms with Crippen molar-refractivity contribution < 1.29 is 4.92 Å². The van der Waals surface area contributed by atoms with Crippen LogP contribution in [0.2, 0.25) is 0 Å². The second-order valence-electron chi connectivity index (χ2n) is 4.52. The van der Waals surface area contributed by atoms with E-state index in [9.17, 15) is 10.1 Å². The second kappa shape index (κ2) is 6.74. The van der Waals surface area contributed by atoms with Gasteiger partial charge in [-0.2, -0.15) is 4.98 Å². The van der Waals surface area contributed by atoms with Crippen molar-refractivity contribution in [3.63, 3.8) is 0 Å². The lowest BCUT2D eigenvalue weighted by molar-refractivity contribution is -0.384. The summed E-state index contributed by atoms with van der Waals surface area (Å²) in [5, 5.41) is 23.0. The smallest absolute Gasteiger partial charge is 0.294 e. The van der Waals surface area contributed by atoms with Crippen LogP contribution in [0.1, 0.15) is 13.8 Å². The van der Waals surface area contributed by atoms with Gasteiger partial charge in [-0.15, -0.1) is 15.3 Å². The predicted octanol–water partition coefficient (Wildman–Crippen LogP) is 2.98. The number of azo groups is 1. The fourth-order valence-corrected chi connectivity index (χ4v) is 2.03. The normalized spacial score (nSPS) is 11.0. The molecule has 0 aliphatic carbocycles. The second-order valence-corrected chi connectivity index (χ2v) is 4.52. The lowest BCUT2D eigenvalue weighted by atomic mass is 10.2. The number of anilines is 1. The van der Waals surface area contributed by atoms with E-state index in [1.54, 1.807) is 19.2 Å². The Morgan fingerprint density at radius 3 is 2.59 bits per heavy atom. The molecule has 22 heavy (non-hydrogen) atoms. The van der Waals surface area contributed by atoms with Gasteiger partial charge in [0.2, 0.25) is 0 Å². The number of nitro benzene ring substituents is 1. The third-order valence-corrected chi connectivity index (χ3v) is 3.10. The highest BCUT2D eigenvalue weighted by Crippen LogP contribution is 2.32. The summed E-state index contributed by atoms with van der Waals surface area (Å²) in [7, 11) is 1.72. The van der Waals surface area contributed by atoms with Crippen LogP contribution in [0.4, 0.5) is 23.0 Å². The molecule has 0 saturated carbocycles. The van der Waals surface area contributed by atoms with Gasteiger partial charge >= 0.3 is 0 Å². The van der Waals surface area contributed by atoms with Crippen molar-refractivity contribution in [1.29, 1.82) is 0 Å². The van der Waals surface area contributed by atoms with E-state index in [2.05, 4.69) is 20.3 Å². The van der Waals surface area contributed by atoms with Crippen LogP contribution >= 0.6 is 0 Å². The van der Waals surface area contributed by atoms with Crippen LogP contribution in [-0.2, 0) is 7.05 Å². The fraction of sp³-hybridized carbons (Fsp3) is 0.385. The summed E-state index contributed by atoms with van der Waals surface area (Å²) in [6, 6.07) is 4.78. The maximum absolute atomic E-state index is 11.3. The van der Waals surface area contributed by atoms with Crippen molar-refractivity contribution in [1.82, 2.24) is 14.8 Å². The molecule has 116 valence electrons. The molecule has 0 N–H and O–H groups in total. The molecule has 1 aromatic heterocycles. The molecular formula is C13H17N7O2. The van der Waals surface area contributed by atoms with E-state index >= 15 is 0 Å². The van der Waals surface area contributed by atoms with Gasteiger partial charge in [0.1, 0.15) is 12.0 Å². The Hall–Kier alpha value is -2.84. The number of nitrogens with zero attached hydrogens (tertiary/aromatic N) is 7. The monoisotopic (exact) mass is 303 g/mol. The van der Waals surface area contributed by atoms with Gasteiger partial charge in [0.25, 0.3) is 11.6 Å². The SMILES string of the molecule is CCN(CC)c1ccc(N=Nc2ncn(C)n2)cc1[N+](=O)[O-]. The molecule has 1 heterocycles. The van der Waals surface area contributed by atoms with Crippen molar-refractivity contribution in [2.75, 3.05) is 18.0 Å². The summed E-state index contributed by atoms with van der Waals surface area (Å²) in [6.07, 6.45) is 1.50. The summed E-state index contributed by atoms with van der Waals surface area (Å²) in [6.45, 7) is 5.29. The first-order valence-corrected chi connectivity index (χ1v) is 6.86. The summed E-state index contributed by atoms with van der Waals surface area (Å²) in [5.74, 6) is 0.206. The Balaban J connectivity index is 2.33. The molecule has 9 heteroatoms. The highest BCUT2D eigenvalue weighted by molar-refractivity contribution is 5.67. The van der Waals surface area contributed by atoms with Crippen LogP contribution < -0.4 is 4.90 Å².